The molecule has 0 spiro atoms. The van der Waals surface area contributed by atoms with Crippen molar-refractivity contribution in [2.75, 3.05) is 24.5 Å². The first-order valence-electron chi connectivity index (χ1n) is 12.6. The van der Waals surface area contributed by atoms with Crippen LogP contribution in [0.15, 0.2) is 71.6 Å². The van der Waals surface area contributed by atoms with Crippen LogP contribution in [0, 0.1) is 17.0 Å². The van der Waals surface area contributed by atoms with Crippen LogP contribution in [0.3, 0.4) is 0 Å². The summed E-state index contributed by atoms with van der Waals surface area (Å²) < 4.78 is 33.9. The normalized spacial score (nSPS) is 11.8. The van der Waals surface area contributed by atoms with Gasteiger partial charge >= 0.3 is 0 Å². The third-order valence-electron chi connectivity index (χ3n) is 6.36. The SMILES string of the molecule is CCNC(=O)C(C)N(Cc1cccc(Cl)c1)C(=O)CN(c1ccc(OC)cc1)S(=O)(=O)c1ccc(C)c([N+](=O)[O-])c1. The van der Waals surface area contributed by atoms with Crippen molar-refractivity contribution >= 4 is 44.8 Å². The summed E-state index contributed by atoms with van der Waals surface area (Å²) in [5.74, 6) is -0.642. The van der Waals surface area contributed by atoms with Crippen LogP contribution in [0.4, 0.5) is 11.4 Å². The summed E-state index contributed by atoms with van der Waals surface area (Å²) in [6, 6.07) is 15.3. The van der Waals surface area contributed by atoms with Gasteiger partial charge < -0.3 is 15.0 Å². The van der Waals surface area contributed by atoms with Crippen LogP contribution in [0.25, 0.3) is 0 Å². The van der Waals surface area contributed by atoms with Gasteiger partial charge in [0, 0.05) is 29.7 Å². The van der Waals surface area contributed by atoms with Crippen LogP contribution >= 0.6 is 11.6 Å². The van der Waals surface area contributed by atoms with E-state index in [1.807, 2.05) is 0 Å². The third-order valence-corrected chi connectivity index (χ3v) is 8.37. The fourth-order valence-electron chi connectivity index (χ4n) is 4.09. The lowest BCUT2D eigenvalue weighted by atomic mass is 10.1. The quantitative estimate of drug-likeness (QED) is 0.241. The number of halogens is 1. The van der Waals surface area contributed by atoms with Gasteiger partial charge in [0.2, 0.25) is 11.8 Å². The van der Waals surface area contributed by atoms with Crippen LogP contribution in [0.1, 0.15) is 25.0 Å². The Balaban J connectivity index is 2.09. The van der Waals surface area contributed by atoms with Crippen LogP contribution in [-0.2, 0) is 26.2 Å². The average Bonchev–Trinajstić information content (AvgIpc) is 2.94. The topological polar surface area (TPSA) is 139 Å². The highest BCUT2D eigenvalue weighted by molar-refractivity contribution is 7.92. The van der Waals surface area contributed by atoms with Crippen molar-refractivity contribution in [2.24, 2.45) is 0 Å². The van der Waals surface area contributed by atoms with E-state index in [2.05, 4.69) is 5.32 Å². The fourth-order valence-corrected chi connectivity index (χ4v) is 5.73. The van der Waals surface area contributed by atoms with Crippen LogP contribution < -0.4 is 14.4 Å². The number of nitrogens with one attached hydrogen (secondary N) is 1. The van der Waals surface area contributed by atoms with E-state index in [0.29, 0.717) is 22.9 Å². The van der Waals surface area contributed by atoms with E-state index in [0.717, 1.165) is 10.4 Å². The van der Waals surface area contributed by atoms with Gasteiger partial charge in [-0.15, -0.1) is 0 Å². The van der Waals surface area contributed by atoms with Gasteiger partial charge in [0.1, 0.15) is 18.3 Å². The number of amides is 2. The number of benzene rings is 3. The molecule has 218 valence electrons. The molecule has 2 amide bonds. The molecule has 13 heteroatoms. The van der Waals surface area contributed by atoms with Gasteiger partial charge in [-0.25, -0.2) is 8.42 Å². The molecule has 0 aliphatic heterocycles. The Morgan fingerprint density at radius 1 is 1.10 bits per heavy atom. The molecule has 0 bridgehead atoms. The molecular formula is C28H31ClN4O7S. The summed E-state index contributed by atoms with van der Waals surface area (Å²) in [7, 11) is -3.04. The number of hydrogen-bond donors (Lipinski definition) is 1. The summed E-state index contributed by atoms with van der Waals surface area (Å²) in [6.07, 6.45) is 0. The van der Waals surface area contributed by atoms with E-state index in [-0.39, 0.29) is 28.4 Å². The van der Waals surface area contributed by atoms with Gasteiger partial charge in [0.15, 0.2) is 0 Å². The van der Waals surface area contributed by atoms with Crippen LogP contribution in [-0.4, -0.2) is 56.3 Å². The first-order valence-corrected chi connectivity index (χ1v) is 14.4. The molecule has 0 aliphatic rings. The van der Waals surface area contributed by atoms with Crippen LogP contribution in [0.5, 0.6) is 5.75 Å². The molecule has 0 saturated carbocycles. The Bertz CT molecular complexity index is 1530. The van der Waals surface area contributed by atoms with Crippen molar-refractivity contribution in [1.82, 2.24) is 10.2 Å². The molecule has 0 heterocycles. The Kier molecular flexibility index (Phi) is 10.3. The number of rotatable bonds is 12. The second-order valence-electron chi connectivity index (χ2n) is 9.14. The number of ether oxygens (including phenoxy) is 1. The summed E-state index contributed by atoms with van der Waals surface area (Å²) in [5.41, 5.74) is 0.662. The predicted octanol–water partition coefficient (Wildman–Crippen LogP) is 4.31. The predicted molar refractivity (Wildman–Crippen MR) is 156 cm³/mol. The minimum absolute atomic E-state index is 0.0236. The smallest absolute Gasteiger partial charge is 0.273 e. The molecule has 3 rings (SSSR count). The van der Waals surface area contributed by atoms with Crippen molar-refractivity contribution in [3.05, 3.63) is 93.0 Å². The van der Waals surface area contributed by atoms with Gasteiger partial charge in [-0.2, -0.15) is 0 Å². The molecule has 1 unspecified atom stereocenters. The number of hydrogen-bond acceptors (Lipinski definition) is 7. The van der Waals surface area contributed by atoms with E-state index in [9.17, 15) is 28.1 Å². The molecule has 1 N–H and O–H groups in total. The molecule has 0 saturated heterocycles. The van der Waals surface area contributed by atoms with E-state index in [4.69, 9.17) is 16.3 Å². The van der Waals surface area contributed by atoms with Gasteiger partial charge in [0.05, 0.1) is 22.6 Å². The Morgan fingerprint density at radius 2 is 1.78 bits per heavy atom. The molecule has 0 aliphatic carbocycles. The minimum atomic E-state index is -4.49. The number of nitro groups is 1. The van der Waals surface area contributed by atoms with Gasteiger partial charge in [0.25, 0.3) is 15.7 Å². The fraction of sp³-hybridized carbons (Fsp3) is 0.286. The Labute approximate surface area is 243 Å². The summed E-state index contributed by atoms with van der Waals surface area (Å²) in [5, 5.41) is 14.7. The summed E-state index contributed by atoms with van der Waals surface area (Å²) >= 11 is 6.13. The third kappa shape index (κ3) is 7.53. The van der Waals surface area contributed by atoms with Crippen molar-refractivity contribution in [3.8, 4) is 5.75 Å². The molecule has 1 atom stereocenters. The Hall–Kier alpha value is -4.16. The highest BCUT2D eigenvalue weighted by Crippen LogP contribution is 2.29. The van der Waals surface area contributed by atoms with Gasteiger partial charge in [-0.3, -0.25) is 24.0 Å². The number of nitro benzene ring substituents is 1. The number of anilines is 1. The first kappa shape index (κ1) is 31.4. The van der Waals surface area contributed by atoms with Crippen LogP contribution in [0.2, 0.25) is 5.02 Å². The molecule has 3 aromatic rings. The number of carbonyl (C=O) groups excluding carboxylic acids is 2. The highest BCUT2D eigenvalue weighted by Gasteiger charge is 2.33. The maximum Gasteiger partial charge on any atom is 0.273 e. The largest absolute Gasteiger partial charge is 0.497 e. The van der Waals surface area contributed by atoms with E-state index in [1.165, 1.54) is 55.3 Å². The lowest BCUT2D eigenvalue weighted by Gasteiger charge is -2.32. The summed E-state index contributed by atoms with van der Waals surface area (Å²) in [4.78, 5) is 38.4. The maximum atomic E-state index is 13.9. The number of likely N-dealkylation sites (N-methyl/N-ethyl adjacent to an activating group) is 1. The zero-order chi connectivity index (χ0) is 30.3. The zero-order valence-corrected chi connectivity index (χ0v) is 24.6. The number of sulfonamides is 1. The molecule has 41 heavy (non-hydrogen) atoms. The molecule has 0 fully saturated rings. The molecule has 0 radical (unpaired) electrons. The van der Waals surface area contributed by atoms with Crippen molar-refractivity contribution in [3.63, 3.8) is 0 Å². The second-order valence-corrected chi connectivity index (χ2v) is 11.4. The van der Waals surface area contributed by atoms with E-state index < -0.39 is 39.3 Å². The number of nitrogens with zero attached hydrogens (tertiary/aromatic N) is 3. The first-order chi connectivity index (χ1) is 19.4. The molecule has 0 aromatic heterocycles. The number of carbonyl (C=O) groups is 2. The maximum absolute atomic E-state index is 13.9. The minimum Gasteiger partial charge on any atom is -0.497 e. The Morgan fingerprint density at radius 3 is 2.37 bits per heavy atom. The van der Waals surface area contributed by atoms with Crippen molar-refractivity contribution in [1.29, 1.82) is 0 Å². The highest BCUT2D eigenvalue weighted by atomic mass is 35.5. The summed E-state index contributed by atoms with van der Waals surface area (Å²) in [6.45, 7) is 4.40. The lowest BCUT2D eigenvalue weighted by Crippen LogP contribution is -2.51. The van der Waals surface area contributed by atoms with E-state index in [1.54, 1.807) is 38.1 Å². The molecular weight excluding hydrogens is 572 g/mol. The van der Waals surface area contributed by atoms with Gasteiger partial charge in [-0.05, 0) is 68.8 Å². The average molecular weight is 603 g/mol. The standard InChI is InChI=1S/C28H31ClN4O7S/c1-5-30-28(35)20(3)31(17-21-7-6-8-22(29)15-21)27(34)18-32(23-10-12-24(40-4)13-11-23)41(38,39)25-14-9-19(2)26(16-25)33(36)37/h6-16,20H,5,17-18H2,1-4H3,(H,30,35). The van der Waals surface area contributed by atoms with Gasteiger partial charge in [-0.1, -0.05) is 29.8 Å². The lowest BCUT2D eigenvalue weighted by molar-refractivity contribution is -0.385. The van der Waals surface area contributed by atoms with Crippen molar-refractivity contribution in [2.45, 2.75) is 38.3 Å². The monoisotopic (exact) mass is 602 g/mol. The number of methoxy groups -OCH3 is 1. The van der Waals surface area contributed by atoms with Crippen molar-refractivity contribution < 1.29 is 27.7 Å². The molecule has 3 aromatic carbocycles. The zero-order valence-electron chi connectivity index (χ0n) is 23.0. The van der Waals surface area contributed by atoms with E-state index >= 15 is 0 Å². The number of aryl methyl sites for hydroxylation is 1. The molecule has 11 nitrogen and oxygen atoms in total. The second kappa shape index (κ2) is 13.5.